The fourth-order valence-corrected chi connectivity index (χ4v) is 4.18. The van der Waals surface area contributed by atoms with E-state index in [1.807, 2.05) is 29.2 Å². The van der Waals surface area contributed by atoms with Gasteiger partial charge < -0.3 is 14.5 Å². The molecule has 2 heterocycles. The lowest BCUT2D eigenvalue weighted by atomic mass is 9.87. The molecule has 28 heavy (non-hydrogen) atoms. The Labute approximate surface area is 169 Å². The molecule has 0 bridgehead atoms. The van der Waals surface area contributed by atoms with Crippen molar-refractivity contribution in [1.82, 2.24) is 4.90 Å². The topological polar surface area (TPSA) is 49.9 Å². The molecule has 0 N–H and O–H groups in total. The number of hydrogen-bond donors (Lipinski definition) is 0. The van der Waals surface area contributed by atoms with Crippen molar-refractivity contribution in [3.05, 3.63) is 59.1 Å². The van der Waals surface area contributed by atoms with Crippen molar-refractivity contribution in [3.8, 4) is 5.75 Å². The molecule has 2 aliphatic rings. The van der Waals surface area contributed by atoms with Gasteiger partial charge in [-0.05, 0) is 36.4 Å². The van der Waals surface area contributed by atoms with E-state index >= 15 is 0 Å². The second kappa shape index (κ2) is 7.47. The van der Waals surface area contributed by atoms with E-state index in [1.54, 1.807) is 36.1 Å². The second-order valence-electron chi connectivity index (χ2n) is 7.47. The zero-order valence-corrected chi connectivity index (χ0v) is 16.6. The molecule has 5 nitrogen and oxygen atoms in total. The van der Waals surface area contributed by atoms with Crippen LogP contribution < -0.4 is 9.64 Å². The number of ether oxygens (including phenoxy) is 1. The van der Waals surface area contributed by atoms with E-state index in [0.29, 0.717) is 30.2 Å². The minimum atomic E-state index is -0.350. The van der Waals surface area contributed by atoms with Gasteiger partial charge in [-0.15, -0.1) is 0 Å². The Balaban J connectivity index is 1.50. The predicted molar refractivity (Wildman–Crippen MR) is 109 cm³/mol. The van der Waals surface area contributed by atoms with Gasteiger partial charge in [0.25, 0.3) is 5.91 Å². The molecule has 0 radical (unpaired) electrons. The van der Waals surface area contributed by atoms with E-state index in [0.717, 1.165) is 30.7 Å². The lowest BCUT2D eigenvalue weighted by Crippen LogP contribution is -2.50. The van der Waals surface area contributed by atoms with Crippen molar-refractivity contribution in [2.45, 2.75) is 31.8 Å². The van der Waals surface area contributed by atoms with Crippen LogP contribution in [0.15, 0.2) is 48.5 Å². The van der Waals surface area contributed by atoms with Gasteiger partial charge in [0.15, 0.2) is 0 Å². The number of carbonyl (C=O) groups excluding carboxylic acids is 2. The maximum atomic E-state index is 12.8. The summed E-state index contributed by atoms with van der Waals surface area (Å²) in [5, 5.41) is 0.620. The van der Waals surface area contributed by atoms with Crippen LogP contribution in [0.5, 0.6) is 5.75 Å². The molecule has 2 aliphatic heterocycles. The van der Waals surface area contributed by atoms with Crippen molar-refractivity contribution in [2.75, 3.05) is 24.5 Å². The van der Waals surface area contributed by atoms with Gasteiger partial charge in [0.2, 0.25) is 5.91 Å². The van der Waals surface area contributed by atoms with E-state index in [-0.39, 0.29) is 17.4 Å². The number of anilines is 1. The van der Waals surface area contributed by atoms with Crippen LogP contribution in [0.3, 0.4) is 0 Å². The third-order valence-corrected chi connectivity index (χ3v) is 5.96. The van der Waals surface area contributed by atoms with Crippen molar-refractivity contribution in [1.29, 1.82) is 0 Å². The minimum absolute atomic E-state index is 0.0171. The fraction of sp³-hybridized carbons (Fsp3) is 0.364. The number of hydrogen-bond acceptors (Lipinski definition) is 3. The lowest BCUT2D eigenvalue weighted by Gasteiger charge is -2.41. The molecule has 0 saturated carbocycles. The summed E-state index contributed by atoms with van der Waals surface area (Å²) in [6, 6.07) is 14.7. The van der Waals surface area contributed by atoms with Crippen LogP contribution in [-0.4, -0.2) is 41.9 Å². The summed E-state index contributed by atoms with van der Waals surface area (Å²) in [6.45, 7) is 3.47. The van der Waals surface area contributed by atoms with E-state index in [1.165, 1.54) is 0 Å². The number of rotatable bonds is 1. The van der Waals surface area contributed by atoms with E-state index < -0.39 is 0 Å². The zero-order chi connectivity index (χ0) is 19.7. The van der Waals surface area contributed by atoms with Crippen LogP contribution in [0.4, 0.5) is 5.69 Å². The highest BCUT2D eigenvalue weighted by molar-refractivity contribution is 6.30. The van der Waals surface area contributed by atoms with Gasteiger partial charge in [-0.25, -0.2) is 0 Å². The van der Waals surface area contributed by atoms with E-state index in [2.05, 4.69) is 0 Å². The Morgan fingerprint density at radius 2 is 1.61 bits per heavy atom. The SMILES string of the molecule is CC(=O)N1CCC2(CCN(C(=O)c3ccc(Cl)cc3)CC2)Oc2ccccc21. The molecule has 1 fully saturated rings. The Kier molecular flexibility index (Phi) is 5.02. The molecular formula is C22H23ClN2O3. The van der Waals surface area contributed by atoms with E-state index in [4.69, 9.17) is 16.3 Å². The number of halogens is 1. The molecule has 0 unspecified atom stereocenters. The largest absolute Gasteiger partial charge is 0.485 e. The molecule has 2 aromatic carbocycles. The van der Waals surface area contributed by atoms with Crippen LogP contribution >= 0.6 is 11.6 Å². The van der Waals surface area contributed by atoms with Gasteiger partial charge in [-0.2, -0.15) is 0 Å². The van der Waals surface area contributed by atoms with Gasteiger partial charge in [0, 0.05) is 56.4 Å². The number of carbonyl (C=O) groups is 2. The first kappa shape index (κ1) is 18.8. The average molecular weight is 399 g/mol. The number of nitrogens with zero attached hydrogens (tertiary/aromatic N) is 2. The number of amides is 2. The van der Waals surface area contributed by atoms with Gasteiger partial charge in [0.05, 0.1) is 5.69 Å². The van der Waals surface area contributed by atoms with Crippen LogP contribution in [0.1, 0.15) is 36.5 Å². The number of para-hydroxylation sites is 2. The fourth-order valence-electron chi connectivity index (χ4n) is 4.06. The third kappa shape index (κ3) is 3.59. The molecule has 1 spiro atoms. The summed E-state index contributed by atoms with van der Waals surface area (Å²) in [5.74, 6) is 0.780. The number of likely N-dealkylation sites (tertiary alicyclic amines) is 1. The van der Waals surface area contributed by atoms with E-state index in [9.17, 15) is 9.59 Å². The third-order valence-electron chi connectivity index (χ3n) is 5.71. The predicted octanol–water partition coefficient (Wildman–Crippen LogP) is 4.15. The quantitative estimate of drug-likeness (QED) is 0.725. The monoisotopic (exact) mass is 398 g/mol. The summed E-state index contributed by atoms with van der Waals surface area (Å²) < 4.78 is 6.47. The molecule has 2 amide bonds. The molecule has 4 rings (SSSR count). The maximum absolute atomic E-state index is 12.8. The molecule has 146 valence electrons. The zero-order valence-electron chi connectivity index (χ0n) is 15.9. The van der Waals surface area contributed by atoms with Crippen LogP contribution in [0.25, 0.3) is 0 Å². The Hall–Kier alpha value is -2.53. The number of piperidine rings is 1. The van der Waals surface area contributed by atoms with Crippen LogP contribution in [-0.2, 0) is 4.79 Å². The molecule has 1 saturated heterocycles. The standard InChI is InChI=1S/C22H23ClN2O3/c1-16(26)25-15-12-22(28-20-5-3-2-4-19(20)25)10-13-24(14-11-22)21(27)17-6-8-18(23)9-7-17/h2-9H,10-15H2,1H3. The molecule has 2 aromatic rings. The van der Waals surface area contributed by atoms with Crippen molar-refractivity contribution < 1.29 is 14.3 Å². The molecule has 6 heteroatoms. The highest BCUT2D eigenvalue weighted by Gasteiger charge is 2.41. The highest BCUT2D eigenvalue weighted by atomic mass is 35.5. The Morgan fingerprint density at radius 3 is 2.29 bits per heavy atom. The van der Waals surface area contributed by atoms with Crippen LogP contribution in [0.2, 0.25) is 5.02 Å². The smallest absolute Gasteiger partial charge is 0.253 e. The Bertz CT molecular complexity index is 889. The normalized spacial score (nSPS) is 18.2. The first-order valence-corrected chi connectivity index (χ1v) is 9.96. The maximum Gasteiger partial charge on any atom is 0.253 e. The summed E-state index contributed by atoms with van der Waals surface area (Å²) in [4.78, 5) is 28.6. The minimum Gasteiger partial charge on any atom is -0.485 e. The Morgan fingerprint density at radius 1 is 0.964 bits per heavy atom. The molecule has 0 aromatic heterocycles. The van der Waals surface area contributed by atoms with Crippen molar-refractivity contribution >= 4 is 29.1 Å². The first-order chi connectivity index (χ1) is 13.5. The summed E-state index contributed by atoms with van der Waals surface area (Å²) in [5.41, 5.74) is 1.12. The first-order valence-electron chi connectivity index (χ1n) is 9.58. The number of fused-ring (bicyclic) bond motifs is 1. The summed E-state index contributed by atoms with van der Waals surface area (Å²) >= 11 is 5.92. The number of benzene rings is 2. The summed E-state index contributed by atoms with van der Waals surface area (Å²) in [7, 11) is 0. The van der Waals surface area contributed by atoms with Gasteiger partial charge in [-0.1, -0.05) is 23.7 Å². The second-order valence-corrected chi connectivity index (χ2v) is 7.91. The van der Waals surface area contributed by atoms with Gasteiger partial charge >= 0.3 is 0 Å². The van der Waals surface area contributed by atoms with Crippen molar-refractivity contribution in [2.24, 2.45) is 0 Å². The highest BCUT2D eigenvalue weighted by Crippen LogP contribution is 2.40. The summed E-state index contributed by atoms with van der Waals surface area (Å²) in [6.07, 6.45) is 2.24. The molecule has 0 atom stereocenters. The molecular weight excluding hydrogens is 376 g/mol. The van der Waals surface area contributed by atoms with Gasteiger partial charge in [0.1, 0.15) is 11.4 Å². The average Bonchev–Trinajstić information content (AvgIpc) is 2.85. The van der Waals surface area contributed by atoms with Crippen LogP contribution in [0, 0.1) is 0 Å². The molecule has 0 aliphatic carbocycles. The van der Waals surface area contributed by atoms with Gasteiger partial charge in [-0.3, -0.25) is 9.59 Å². The lowest BCUT2D eigenvalue weighted by molar-refractivity contribution is -0.116. The van der Waals surface area contributed by atoms with Crippen molar-refractivity contribution in [3.63, 3.8) is 0 Å².